The molecule has 2 aromatic rings. The molecule has 0 unspecified atom stereocenters. The Kier molecular flexibility index (Phi) is 5.14. The Morgan fingerprint density at radius 3 is 2.48 bits per heavy atom. The van der Waals surface area contributed by atoms with E-state index in [0.717, 1.165) is 16.5 Å². The van der Waals surface area contributed by atoms with Crippen molar-refractivity contribution >= 4 is 40.8 Å². The van der Waals surface area contributed by atoms with Gasteiger partial charge in [-0.05, 0) is 44.2 Å². The van der Waals surface area contributed by atoms with Gasteiger partial charge in [0, 0.05) is 10.7 Å². The van der Waals surface area contributed by atoms with Crippen molar-refractivity contribution < 1.29 is 18.8 Å². The summed E-state index contributed by atoms with van der Waals surface area (Å²) in [6.45, 7) is 3.00. The molecule has 0 aliphatic carbocycles. The van der Waals surface area contributed by atoms with Gasteiger partial charge in [-0.25, -0.2) is 9.18 Å². The maximum Gasteiger partial charge on any atom is 0.332 e. The van der Waals surface area contributed by atoms with Crippen molar-refractivity contribution in [3.05, 3.63) is 58.9 Å². The van der Waals surface area contributed by atoms with Gasteiger partial charge in [0.15, 0.2) is 0 Å². The largest absolute Gasteiger partial charge is 0.332 e. The second-order valence-corrected chi connectivity index (χ2v) is 6.70. The number of nitrogens with zero attached hydrogens (tertiary/aromatic N) is 2. The van der Waals surface area contributed by atoms with Gasteiger partial charge in [0.25, 0.3) is 5.91 Å². The molecular formula is C19H17ClFN3O3. The molecule has 1 aliphatic rings. The molecule has 1 N–H and O–H groups in total. The number of hydrogen-bond acceptors (Lipinski definition) is 3. The third-order valence-corrected chi connectivity index (χ3v) is 4.50. The Labute approximate surface area is 160 Å². The Balaban J connectivity index is 1.74. The van der Waals surface area contributed by atoms with E-state index in [1.807, 2.05) is 19.1 Å². The standard InChI is InChI=1S/C19H17ClFN3O3/c1-11-3-6-14(7-4-11)24-12(2)18(26)23(19(24)27)10-17(25)22-16-8-5-13(20)9-15(16)21/h3-9,12H,10H2,1-2H3,(H,22,25)/t12-/m0/s1. The average Bonchev–Trinajstić information content (AvgIpc) is 2.82. The van der Waals surface area contributed by atoms with Gasteiger partial charge < -0.3 is 5.32 Å². The summed E-state index contributed by atoms with van der Waals surface area (Å²) in [5, 5.41) is 2.54. The number of hydrogen-bond donors (Lipinski definition) is 1. The van der Waals surface area contributed by atoms with Crippen LogP contribution in [0.15, 0.2) is 42.5 Å². The quantitative estimate of drug-likeness (QED) is 0.812. The minimum Gasteiger partial charge on any atom is -0.322 e. The van der Waals surface area contributed by atoms with Gasteiger partial charge in [0.1, 0.15) is 18.4 Å². The molecule has 0 bridgehead atoms. The molecule has 4 amide bonds. The number of aryl methyl sites for hydroxylation is 1. The summed E-state index contributed by atoms with van der Waals surface area (Å²) in [5.41, 5.74) is 1.51. The van der Waals surface area contributed by atoms with Gasteiger partial charge in [-0.1, -0.05) is 29.3 Å². The molecule has 6 nitrogen and oxygen atoms in total. The molecule has 1 heterocycles. The lowest BCUT2D eigenvalue weighted by molar-refractivity contribution is -0.130. The van der Waals surface area contributed by atoms with Crippen LogP contribution in [0.3, 0.4) is 0 Å². The van der Waals surface area contributed by atoms with Gasteiger partial charge in [-0.15, -0.1) is 0 Å². The number of anilines is 2. The van der Waals surface area contributed by atoms with Crippen LogP contribution in [-0.4, -0.2) is 35.3 Å². The molecule has 0 aromatic heterocycles. The van der Waals surface area contributed by atoms with Crippen molar-refractivity contribution in [3.63, 3.8) is 0 Å². The summed E-state index contributed by atoms with van der Waals surface area (Å²) < 4.78 is 13.8. The van der Waals surface area contributed by atoms with Crippen LogP contribution in [0.5, 0.6) is 0 Å². The molecule has 1 aliphatic heterocycles. The Bertz CT molecular complexity index is 917. The molecule has 1 atom stereocenters. The highest BCUT2D eigenvalue weighted by atomic mass is 35.5. The lowest BCUT2D eigenvalue weighted by Crippen LogP contribution is -2.39. The number of urea groups is 1. The van der Waals surface area contributed by atoms with E-state index < -0.39 is 36.2 Å². The number of nitrogens with one attached hydrogen (secondary N) is 1. The lowest BCUT2D eigenvalue weighted by atomic mass is 10.2. The predicted molar refractivity (Wildman–Crippen MR) is 100 cm³/mol. The third kappa shape index (κ3) is 3.78. The molecule has 1 saturated heterocycles. The summed E-state index contributed by atoms with van der Waals surface area (Å²) in [6.07, 6.45) is 0. The second kappa shape index (κ2) is 7.36. The lowest BCUT2D eigenvalue weighted by Gasteiger charge is -2.19. The molecule has 8 heteroatoms. The first kappa shape index (κ1) is 18.8. The Hall–Kier alpha value is -2.93. The van der Waals surface area contributed by atoms with E-state index in [-0.39, 0.29) is 10.7 Å². The van der Waals surface area contributed by atoms with Crippen LogP contribution in [0.4, 0.5) is 20.6 Å². The van der Waals surface area contributed by atoms with Crippen LogP contribution >= 0.6 is 11.6 Å². The topological polar surface area (TPSA) is 69.7 Å². The number of rotatable bonds is 4. The van der Waals surface area contributed by atoms with Crippen molar-refractivity contribution in [3.8, 4) is 0 Å². The van der Waals surface area contributed by atoms with Gasteiger partial charge in [-0.2, -0.15) is 0 Å². The van der Waals surface area contributed by atoms with Crippen LogP contribution < -0.4 is 10.2 Å². The molecule has 0 saturated carbocycles. The van der Waals surface area contributed by atoms with Gasteiger partial charge in [-0.3, -0.25) is 19.4 Å². The van der Waals surface area contributed by atoms with Crippen molar-refractivity contribution in [2.24, 2.45) is 0 Å². The fourth-order valence-corrected chi connectivity index (χ4v) is 2.99. The third-order valence-electron chi connectivity index (χ3n) is 4.27. The van der Waals surface area contributed by atoms with Crippen molar-refractivity contribution in [2.75, 3.05) is 16.8 Å². The fourth-order valence-electron chi connectivity index (χ4n) is 2.84. The van der Waals surface area contributed by atoms with E-state index in [1.165, 1.54) is 17.0 Å². The van der Waals surface area contributed by atoms with Crippen molar-refractivity contribution in [2.45, 2.75) is 19.9 Å². The van der Waals surface area contributed by atoms with Gasteiger partial charge in [0.05, 0.1) is 5.69 Å². The van der Waals surface area contributed by atoms with E-state index in [9.17, 15) is 18.8 Å². The SMILES string of the molecule is Cc1ccc(N2C(=O)N(CC(=O)Nc3ccc(Cl)cc3F)C(=O)[C@@H]2C)cc1. The average molecular weight is 390 g/mol. The van der Waals surface area contributed by atoms with Crippen molar-refractivity contribution in [1.29, 1.82) is 0 Å². The summed E-state index contributed by atoms with van der Waals surface area (Å²) in [7, 11) is 0. The summed E-state index contributed by atoms with van der Waals surface area (Å²) in [5.74, 6) is -1.88. The smallest absolute Gasteiger partial charge is 0.322 e. The zero-order valence-electron chi connectivity index (χ0n) is 14.7. The summed E-state index contributed by atoms with van der Waals surface area (Å²) >= 11 is 5.67. The van der Waals surface area contributed by atoms with E-state index >= 15 is 0 Å². The molecule has 1 fully saturated rings. The molecule has 3 rings (SSSR count). The fraction of sp³-hybridized carbons (Fsp3) is 0.211. The molecule has 2 aromatic carbocycles. The van der Waals surface area contributed by atoms with Gasteiger partial charge in [0.2, 0.25) is 5.91 Å². The molecular weight excluding hydrogens is 373 g/mol. The second-order valence-electron chi connectivity index (χ2n) is 6.26. The highest BCUT2D eigenvalue weighted by molar-refractivity contribution is 6.30. The van der Waals surface area contributed by atoms with Crippen LogP contribution in [0.1, 0.15) is 12.5 Å². The van der Waals surface area contributed by atoms with Crippen LogP contribution in [0, 0.1) is 12.7 Å². The van der Waals surface area contributed by atoms with E-state index in [4.69, 9.17) is 11.6 Å². The number of halogens is 2. The molecule has 0 radical (unpaired) electrons. The maximum absolute atomic E-state index is 13.8. The number of imide groups is 1. The highest BCUT2D eigenvalue weighted by Crippen LogP contribution is 2.26. The number of carbonyl (C=O) groups is 3. The highest BCUT2D eigenvalue weighted by Gasteiger charge is 2.44. The summed E-state index contributed by atoms with van der Waals surface area (Å²) in [6, 6.07) is 9.61. The van der Waals surface area contributed by atoms with Gasteiger partial charge >= 0.3 is 6.03 Å². The predicted octanol–water partition coefficient (Wildman–Crippen LogP) is 3.58. The summed E-state index contributed by atoms with van der Waals surface area (Å²) in [4.78, 5) is 39.5. The maximum atomic E-state index is 13.8. The van der Waals surface area contributed by atoms with E-state index in [2.05, 4.69) is 5.32 Å². The minimum absolute atomic E-state index is 0.0769. The van der Waals surface area contributed by atoms with Crippen molar-refractivity contribution in [1.82, 2.24) is 4.90 Å². The van der Waals surface area contributed by atoms with E-state index in [0.29, 0.717) is 5.69 Å². The first-order valence-electron chi connectivity index (χ1n) is 8.24. The normalized spacial score (nSPS) is 16.8. The monoisotopic (exact) mass is 389 g/mol. The van der Waals surface area contributed by atoms with Crippen LogP contribution in [-0.2, 0) is 9.59 Å². The van der Waals surface area contributed by atoms with Crippen LogP contribution in [0.25, 0.3) is 0 Å². The Morgan fingerprint density at radius 2 is 1.85 bits per heavy atom. The first-order chi connectivity index (χ1) is 12.8. The molecule has 27 heavy (non-hydrogen) atoms. The number of carbonyl (C=O) groups excluding carboxylic acids is 3. The zero-order chi connectivity index (χ0) is 19.7. The molecule has 140 valence electrons. The first-order valence-corrected chi connectivity index (χ1v) is 8.62. The zero-order valence-corrected chi connectivity index (χ0v) is 15.5. The molecule has 0 spiro atoms. The number of benzene rings is 2. The van der Waals surface area contributed by atoms with Crippen LogP contribution in [0.2, 0.25) is 5.02 Å². The number of amides is 4. The minimum atomic E-state index is -0.736. The Morgan fingerprint density at radius 1 is 1.19 bits per heavy atom. The van der Waals surface area contributed by atoms with E-state index in [1.54, 1.807) is 19.1 Å².